The number of piperazine rings is 1. The number of benzene rings is 1. The molecular weight excluding hydrogens is 293 g/mol. The summed E-state index contributed by atoms with van der Waals surface area (Å²) in [7, 11) is 2.17. The van der Waals surface area contributed by atoms with E-state index in [2.05, 4.69) is 30.7 Å². The van der Waals surface area contributed by atoms with Crippen LogP contribution < -0.4 is 5.73 Å². The Labute approximate surface area is 131 Å². The molecule has 20 heavy (non-hydrogen) atoms. The summed E-state index contributed by atoms with van der Waals surface area (Å²) in [6.45, 7) is 6.95. The van der Waals surface area contributed by atoms with Crippen LogP contribution in [0.1, 0.15) is 25.5 Å². The Kier molecular flexibility index (Phi) is 5.32. The molecule has 1 aromatic carbocycles. The van der Waals surface area contributed by atoms with Gasteiger partial charge in [-0.05, 0) is 33.0 Å². The summed E-state index contributed by atoms with van der Waals surface area (Å²) < 4.78 is 0. The van der Waals surface area contributed by atoms with Crippen LogP contribution in [0.3, 0.4) is 0 Å². The molecule has 0 bridgehead atoms. The smallest absolute Gasteiger partial charge is 0.0501 e. The number of likely N-dealkylation sites (N-methyl/N-ethyl adjacent to an activating group) is 1. The first-order valence-corrected chi connectivity index (χ1v) is 7.81. The summed E-state index contributed by atoms with van der Waals surface area (Å²) in [6.07, 6.45) is 0. The molecule has 0 aliphatic carbocycles. The Bertz CT molecular complexity index is 434. The van der Waals surface area contributed by atoms with Crippen molar-refractivity contribution in [3.8, 4) is 0 Å². The lowest BCUT2D eigenvalue weighted by Crippen LogP contribution is -2.56. The van der Waals surface area contributed by atoms with Gasteiger partial charge in [0.2, 0.25) is 0 Å². The molecule has 2 rings (SSSR count). The van der Waals surface area contributed by atoms with Crippen molar-refractivity contribution in [2.45, 2.75) is 32.0 Å². The van der Waals surface area contributed by atoms with Gasteiger partial charge in [0.15, 0.2) is 0 Å². The third-order valence-corrected chi connectivity index (χ3v) is 5.04. The predicted octanol–water partition coefficient (Wildman–Crippen LogP) is 3.02. The van der Waals surface area contributed by atoms with Crippen LogP contribution in [-0.4, -0.2) is 48.6 Å². The fraction of sp³-hybridized carbons (Fsp3) is 0.600. The topological polar surface area (TPSA) is 32.5 Å². The van der Waals surface area contributed by atoms with E-state index in [0.29, 0.717) is 28.7 Å². The van der Waals surface area contributed by atoms with E-state index in [1.807, 2.05) is 18.2 Å². The van der Waals surface area contributed by atoms with Crippen LogP contribution in [0.25, 0.3) is 0 Å². The minimum absolute atomic E-state index is 0.0785. The number of nitrogens with two attached hydrogens (primary N) is 1. The molecular formula is C15H23Cl2N3. The van der Waals surface area contributed by atoms with Gasteiger partial charge in [0.05, 0.1) is 6.04 Å². The van der Waals surface area contributed by atoms with E-state index in [9.17, 15) is 0 Å². The molecule has 0 aromatic heterocycles. The van der Waals surface area contributed by atoms with Crippen LogP contribution in [0, 0.1) is 0 Å². The highest BCUT2D eigenvalue weighted by atomic mass is 35.5. The van der Waals surface area contributed by atoms with Crippen molar-refractivity contribution in [3.63, 3.8) is 0 Å². The summed E-state index contributed by atoms with van der Waals surface area (Å²) in [4.78, 5) is 4.81. The van der Waals surface area contributed by atoms with E-state index in [1.165, 1.54) is 0 Å². The minimum atomic E-state index is 0.0785. The van der Waals surface area contributed by atoms with Gasteiger partial charge in [-0.25, -0.2) is 0 Å². The average Bonchev–Trinajstić information content (AvgIpc) is 2.40. The maximum absolute atomic E-state index is 6.35. The molecule has 1 fully saturated rings. The second kappa shape index (κ2) is 6.63. The van der Waals surface area contributed by atoms with Gasteiger partial charge in [0, 0.05) is 47.3 Å². The van der Waals surface area contributed by atoms with Crippen LogP contribution in [-0.2, 0) is 0 Å². The lowest BCUT2D eigenvalue weighted by Gasteiger charge is -2.45. The van der Waals surface area contributed by atoms with Crippen LogP contribution >= 0.6 is 23.2 Å². The summed E-state index contributed by atoms with van der Waals surface area (Å²) in [5.41, 5.74) is 6.99. The number of rotatable bonds is 3. The Morgan fingerprint density at radius 3 is 2.15 bits per heavy atom. The maximum atomic E-state index is 6.35. The summed E-state index contributed by atoms with van der Waals surface area (Å²) >= 11 is 12.7. The van der Waals surface area contributed by atoms with Gasteiger partial charge in [-0.3, -0.25) is 9.80 Å². The van der Waals surface area contributed by atoms with Crippen molar-refractivity contribution in [2.75, 3.05) is 26.7 Å². The van der Waals surface area contributed by atoms with E-state index in [1.54, 1.807) is 0 Å². The van der Waals surface area contributed by atoms with Crippen molar-refractivity contribution >= 4 is 23.2 Å². The quantitative estimate of drug-likeness (QED) is 0.930. The molecule has 0 saturated carbocycles. The fourth-order valence-corrected chi connectivity index (χ4v) is 3.63. The summed E-state index contributed by atoms with van der Waals surface area (Å²) in [6, 6.07) is 6.71. The Morgan fingerprint density at radius 1 is 1.20 bits per heavy atom. The first kappa shape index (κ1) is 16.1. The number of hydrogen-bond donors (Lipinski definition) is 1. The van der Waals surface area contributed by atoms with Gasteiger partial charge in [-0.2, -0.15) is 0 Å². The van der Waals surface area contributed by atoms with Crippen LogP contribution in [0.5, 0.6) is 0 Å². The Morgan fingerprint density at radius 2 is 1.70 bits per heavy atom. The highest BCUT2D eigenvalue weighted by Gasteiger charge is 2.32. The van der Waals surface area contributed by atoms with Gasteiger partial charge >= 0.3 is 0 Å². The molecule has 3 unspecified atom stereocenters. The predicted molar refractivity (Wildman–Crippen MR) is 86.5 cm³/mol. The van der Waals surface area contributed by atoms with Gasteiger partial charge in [-0.1, -0.05) is 29.3 Å². The lowest BCUT2D eigenvalue weighted by atomic mass is 10.0. The highest BCUT2D eigenvalue weighted by Crippen LogP contribution is 2.34. The highest BCUT2D eigenvalue weighted by molar-refractivity contribution is 6.36. The van der Waals surface area contributed by atoms with E-state index in [-0.39, 0.29) is 6.04 Å². The van der Waals surface area contributed by atoms with Crippen LogP contribution in [0.4, 0.5) is 0 Å². The monoisotopic (exact) mass is 315 g/mol. The minimum Gasteiger partial charge on any atom is -0.329 e. The normalized spacial score (nSPS) is 26.7. The van der Waals surface area contributed by atoms with Crippen molar-refractivity contribution in [1.82, 2.24) is 9.80 Å². The third kappa shape index (κ3) is 3.12. The lowest BCUT2D eigenvalue weighted by molar-refractivity contribution is 0.0352. The van der Waals surface area contributed by atoms with Crippen LogP contribution in [0.2, 0.25) is 10.0 Å². The first-order chi connectivity index (χ1) is 9.45. The molecule has 1 aromatic rings. The molecule has 0 spiro atoms. The zero-order valence-corrected chi connectivity index (χ0v) is 13.8. The molecule has 0 radical (unpaired) electrons. The second-order valence-corrected chi connectivity index (χ2v) is 6.52. The van der Waals surface area contributed by atoms with E-state index >= 15 is 0 Å². The molecule has 3 nitrogen and oxygen atoms in total. The molecule has 112 valence electrons. The number of nitrogens with zero attached hydrogens (tertiary/aromatic N) is 2. The summed E-state index contributed by atoms with van der Waals surface area (Å²) in [5, 5.41) is 1.40. The molecule has 0 amide bonds. The Hall–Kier alpha value is -0.320. The van der Waals surface area contributed by atoms with Gasteiger partial charge in [-0.15, -0.1) is 0 Å². The standard InChI is InChI=1S/C15H23Cl2N3/c1-10-8-20(9-11(2)19(10)3)14(7-18)15-12(16)5-4-6-13(15)17/h4-6,10-11,14H,7-9,18H2,1-3H3. The van der Waals surface area contributed by atoms with E-state index < -0.39 is 0 Å². The first-order valence-electron chi connectivity index (χ1n) is 7.05. The van der Waals surface area contributed by atoms with Gasteiger partial charge in [0.1, 0.15) is 0 Å². The molecule has 2 N–H and O–H groups in total. The average molecular weight is 316 g/mol. The van der Waals surface area contributed by atoms with Crippen molar-refractivity contribution in [1.29, 1.82) is 0 Å². The molecule has 5 heteroatoms. The molecule has 1 heterocycles. The Balaban J connectivity index is 2.29. The zero-order valence-electron chi connectivity index (χ0n) is 12.3. The summed E-state index contributed by atoms with van der Waals surface area (Å²) in [5.74, 6) is 0. The molecule has 1 aliphatic heterocycles. The maximum Gasteiger partial charge on any atom is 0.0501 e. The van der Waals surface area contributed by atoms with Crippen molar-refractivity contribution < 1.29 is 0 Å². The van der Waals surface area contributed by atoms with Crippen LogP contribution in [0.15, 0.2) is 18.2 Å². The zero-order chi connectivity index (χ0) is 14.9. The molecule has 1 saturated heterocycles. The fourth-order valence-electron chi connectivity index (χ4n) is 2.98. The van der Waals surface area contributed by atoms with Crippen molar-refractivity contribution in [2.24, 2.45) is 5.73 Å². The van der Waals surface area contributed by atoms with Gasteiger partial charge < -0.3 is 5.73 Å². The van der Waals surface area contributed by atoms with E-state index in [4.69, 9.17) is 28.9 Å². The van der Waals surface area contributed by atoms with Crippen molar-refractivity contribution in [3.05, 3.63) is 33.8 Å². The van der Waals surface area contributed by atoms with Gasteiger partial charge in [0.25, 0.3) is 0 Å². The number of halogens is 2. The molecule has 1 aliphatic rings. The third-order valence-electron chi connectivity index (χ3n) is 4.38. The second-order valence-electron chi connectivity index (χ2n) is 5.70. The number of hydrogen-bond acceptors (Lipinski definition) is 3. The SMILES string of the molecule is CC1CN(C(CN)c2c(Cl)cccc2Cl)CC(C)N1C. The van der Waals surface area contributed by atoms with E-state index in [0.717, 1.165) is 18.7 Å². The molecule has 3 atom stereocenters. The largest absolute Gasteiger partial charge is 0.329 e.